The minimum Gasteiger partial charge on any atom is -0.349 e. The topological polar surface area (TPSA) is 29.1 Å². The van der Waals surface area contributed by atoms with E-state index >= 15 is 0 Å². The lowest BCUT2D eigenvalue weighted by molar-refractivity contribution is 0.0830. The molecule has 1 aliphatic carbocycles. The Morgan fingerprint density at radius 3 is 2.62 bits per heavy atom. The molecule has 0 spiro atoms. The zero-order chi connectivity index (χ0) is 15.6. The van der Waals surface area contributed by atoms with Gasteiger partial charge in [-0.05, 0) is 52.2 Å². The van der Waals surface area contributed by atoms with Gasteiger partial charge in [0.05, 0.1) is 10.6 Å². The number of hydrogen-bond donors (Lipinski definition) is 1. The van der Waals surface area contributed by atoms with Crippen molar-refractivity contribution in [2.75, 3.05) is 0 Å². The Kier molecular flexibility index (Phi) is 5.37. The Labute approximate surface area is 140 Å². The van der Waals surface area contributed by atoms with Crippen molar-refractivity contribution in [3.8, 4) is 0 Å². The van der Waals surface area contributed by atoms with Gasteiger partial charge in [0, 0.05) is 10.5 Å². The van der Waals surface area contributed by atoms with E-state index in [1.165, 1.54) is 19.3 Å². The van der Waals surface area contributed by atoms with E-state index in [1.807, 2.05) is 12.1 Å². The van der Waals surface area contributed by atoms with Crippen LogP contribution >= 0.6 is 27.5 Å². The van der Waals surface area contributed by atoms with Crippen molar-refractivity contribution in [3.05, 3.63) is 33.3 Å². The lowest BCUT2D eigenvalue weighted by Gasteiger charge is -2.40. The van der Waals surface area contributed by atoms with Crippen molar-refractivity contribution in [2.45, 2.75) is 52.5 Å². The number of amides is 1. The molecule has 21 heavy (non-hydrogen) atoms. The Morgan fingerprint density at radius 1 is 1.29 bits per heavy atom. The Hall–Kier alpha value is -0.540. The average Bonchev–Trinajstić information content (AvgIpc) is 2.41. The number of halogens is 2. The van der Waals surface area contributed by atoms with E-state index in [-0.39, 0.29) is 17.4 Å². The SMILES string of the molecule is CC(C)(C)C1CCCCC1NC(=O)c1cccc(Br)c1Cl. The molecule has 2 nitrogen and oxygen atoms in total. The molecule has 0 heterocycles. The van der Waals surface area contributed by atoms with Crippen LogP contribution in [0.4, 0.5) is 0 Å². The first kappa shape index (κ1) is 16.8. The summed E-state index contributed by atoms with van der Waals surface area (Å²) in [6, 6.07) is 5.70. The molecule has 0 radical (unpaired) electrons. The summed E-state index contributed by atoms with van der Waals surface area (Å²) in [5.41, 5.74) is 0.753. The van der Waals surface area contributed by atoms with Crippen molar-refractivity contribution < 1.29 is 4.79 Å². The highest BCUT2D eigenvalue weighted by atomic mass is 79.9. The molecule has 1 amide bonds. The highest BCUT2D eigenvalue weighted by Gasteiger charge is 2.35. The van der Waals surface area contributed by atoms with E-state index in [2.05, 4.69) is 42.0 Å². The van der Waals surface area contributed by atoms with Crippen LogP contribution in [0.25, 0.3) is 0 Å². The summed E-state index contributed by atoms with van der Waals surface area (Å²) in [5.74, 6) is 0.448. The van der Waals surface area contributed by atoms with E-state index in [9.17, 15) is 4.79 Å². The average molecular weight is 373 g/mol. The first-order valence-corrected chi connectivity index (χ1v) is 8.72. The molecular formula is C17H23BrClNO. The molecule has 0 saturated heterocycles. The van der Waals surface area contributed by atoms with Gasteiger partial charge in [0.15, 0.2) is 0 Å². The van der Waals surface area contributed by atoms with E-state index in [0.717, 1.165) is 10.9 Å². The minimum atomic E-state index is -0.0672. The number of carbonyl (C=O) groups is 1. The molecule has 0 bridgehead atoms. The van der Waals surface area contributed by atoms with Gasteiger partial charge in [0.2, 0.25) is 0 Å². The van der Waals surface area contributed by atoms with Gasteiger partial charge in [-0.2, -0.15) is 0 Å². The number of benzene rings is 1. The monoisotopic (exact) mass is 371 g/mol. The van der Waals surface area contributed by atoms with Gasteiger partial charge in [-0.25, -0.2) is 0 Å². The van der Waals surface area contributed by atoms with Crippen LogP contribution in [0.3, 0.4) is 0 Å². The van der Waals surface area contributed by atoms with Crippen LogP contribution < -0.4 is 5.32 Å². The van der Waals surface area contributed by atoms with Crippen LogP contribution in [0.1, 0.15) is 56.8 Å². The van der Waals surface area contributed by atoms with Gasteiger partial charge in [0.1, 0.15) is 0 Å². The van der Waals surface area contributed by atoms with Crippen molar-refractivity contribution in [1.29, 1.82) is 0 Å². The van der Waals surface area contributed by atoms with Crippen LogP contribution in [-0.2, 0) is 0 Å². The van der Waals surface area contributed by atoms with Crippen LogP contribution in [-0.4, -0.2) is 11.9 Å². The molecule has 4 heteroatoms. The fourth-order valence-corrected chi connectivity index (χ4v) is 3.84. The zero-order valence-electron chi connectivity index (χ0n) is 12.9. The van der Waals surface area contributed by atoms with E-state index in [0.29, 0.717) is 16.5 Å². The van der Waals surface area contributed by atoms with Crippen LogP contribution in [0, 0.1) is 11.3 Å². The summed E-state index contributed by atoms with van der Waals surface area (Å²) in [6.07, 6.45) is 4.68. The zero-order valence-corrected chi connectivity index (χ0v) is 15.2. The molecule has 1 aromatic rings. The van der Waals surface area contributed by atoms with Gasteiger partial charge in [-0.3, -0.25) is 4.79 Å². The molecule has 2 atom stereocenters. The fourth-order valence-electron chi connectivity index (χ4n) is 3.27. The molecule has 0 aromatic heterocycles. The lowest BCUT2D eigenvalue weighted by atomic mass is 9.69. The highest BCUT2D eigenvalue weighted by Crippen LogP contribution is 2.38. The maximum atomic E-state index is 12.5. The molecule has 1 fully saturated rings. The van der Waals surface area contributed by atoms with Gasteiger partial charge in [-0.1, -0.05) is 51.3 Å². The van der Waals surface area contributed by atoms with Crippen molar-refractivity contribution >= 4 is 33.4 Å². The normalized spacial score (nSPS) is 22.9. The summed E-state index contributed by atoms with van der Waals surface area (Å²) in [6.45, 7) is 6.77. The second-order valence-electron chi connectivity index (χ2n) is 6.94. The van der Waals surface area contributed by atoms with Crippen LogP contribution in [0.5, 0.6) is 0 Å². The number of hydrogen-bond acceptors (Lipinski definition) is 1. The molecule has 0 aliphatic heterocycles. The van der Waals surface area contributed by atoms with E-state index < -0.39 is 0 Å². The van der Waals surface area contributed by atoms with Crippen molar-refractivity contribution in [1.82, 2.24) is 5.32 Å². The number of rotatable bonds is 2. The standard InChI is InChI=1S/C17H23BrClNO/c1-17(2,3)12-8-4-5-10-14(12)20-16(21)11-7-6-9-13(18)15(11)19/h6-7,9,12,14H,4-5,8,10H2,1-3H3,(H,20,21). The fraction of sp³-hybridized carbons (Fsp3) is 0.588. The lowest BCUT2D eigenvalue weighted by Crippen LogP contribution is -2.46. The first-order valence-electron chi connectivity index (χ1n) is 7.55. The highest BCUT2D eigenvalue weighted by molar-refractivity contribution is 9.10. The van der Waals surface area contributed by atoms with Gasteiger partial charge in [0.25, 0.3) is 5.91 Å². The molecular weight excluding hydrogens is 350 g/mol. The van der Waals surface area contributed by atoms with Crippen molar-refractivity contribution in [2.24, 2.45) is 11.3 Å². The molecule has 1 N–H and O–H groups in total. The van der Waals surface area contributed by atoms with Gasteiger partial charge >= 0.3 is 0 Å². The predicted molar refractivity (Wildman–Crippen MR) is 91.8 cm³/mol. The minimum absolute atomic E-state index is 0.0672. The molecule has 1 aliphatic rings. The predicted octanol–water partition coefficient (Wildman–Crippen LogP) is 5.44. The maximum absolute atomic E-state index is 12.5. The van der Waals surface area contributed by atoms with E-state index in [4.69, 9.17) is 11.6 Å². The maximum Gasteiger partial charge on any atom is 0.253 e. The third kappa shape index (κ3) is 4.01. The van der Waals surface area contributed by atoms with Gasteiger partial charge in [-0.15, -0.1) is 0 Å². The molecule has 2 unspecified atom stereocenters. The summed E-state index contributed by atoms with van der Waals surface area (Å²) in [4.78, 5) is 12.5. The second-order valence-corrected chi connectivity index (χ2v) is 8.17. The Balaban J connectivity index is 2.15. The van der Waals surface area contributed by atoms with Gasteiger partial charge < -0.3 is 5.32 Å². The molecule has 116 valence electrons. The quantitative estimate of drug-likeness (QED) is 0.736. The summed E-state index contributed by atoms with van der Waals surface area (Å²) >= 11 is 9.60. The van der Waals surface area contributed by atoms with Crippen LogP contribution in [0.2, 0.25) is 5.02 Å². The third-order valence-corrected chi connectivity index (χ3v) is 5.69. The Bertz CT molecular complexity index is 524. The largest absolute Gasteiger partial charge is 0.349 e. The molecule has 1 saturated carbocycles. The first-order chi connectivity index (χ1) is 9.80. The third-order valence-electron chi connectivity index (χ3n) is 4.39. The Morgan fingerprint density at radius 2 is 1.95 bits per heavy atom. The molecule has 2 rings (SSSR count). The molecule has 1 aromatic carbocycles. The smallest absolute Gasteiger partial charge is 0.253 e. The summed E-state index contributed by atoms with van der Waals surface area (Å²) in [7, 11) is 0. The number of nitrogens with one attached hydrogen (secondary N) is 1. The van der Waals surface area contributed by atoms with Crippen LogP contribution in [0.15, 0.2) is 22.7 Å². The second kappa shape index (κ2) is 6.70. The number of carbonyl (C=O) groups excluding carboxylic acids is 1. The van der Waals surface area contributed by atoms with Crippen molar-refractivity contribution in [3.63, 3.8) is 0 Å². The van der Waals surface area contributed by atoms with E-state index in [1.54, 1.807) is 6.07 Å². The summed E-state index contributed by atoms with van der Waals surface area (Å²) in [5, 5.41) is 3.70. The summed E-state index contributed by atoms with van der Waals surface area (Å²) < 4.78 is 0.757.